The molecule has 0 aromatic carbocycles. The lowest BCUT2D eigenvalue weighted by atomic mass is 9.83. The van der Waals surface area contributed by atoms with Crippen LogP contribution in [0.5, 0.6) is 0 Å². The summed E-state index contributed by atoms with van der Waals surface area (Å²) in [6.07, 6.45) is 4.77. The van der Waals surface area contributed by atoms with Crippen LogP contribution in [-0.2, 0) is 4.79 Å². The molecule has 2 nitrogen and oxygen atoms in total. The van der Waals surface area contributed by atoms with Crippen molar-refractivity contribution in [2.24, 2.45) is 11.8 Å². The maximum Gasteiger partial charge on any atom is 0.315 e. The van der Waals surface area contributed by atoms with Crippen LogP contribution in [0, 0.1) is 23.7 Å². The zero-order valence-electron chi connectivity index (χ0n) is 8.05. The Hall–Kier alpha value is -0.970. The molecule has 0 atom stereocenters. The van der Waals surface area contributed by atoms with Crippen molar-refractivity contribution >= 4 is 5.97 Å². The van der Waals surface area contributed by atoms with E-state index in [9.17, 15) is 4.79 Å². The zero-order valence-corrected chi connectivity index (χ0v) is 8.05. The predicted molar refractivity (Wildman–Crippen MR) is 51.2 cm³/mol. The van der Waals surface area contributed by atoms with E-state index < -0.39 is 5.97 Å². The SMILES string of the molecule is CC1CCC(C#CCC(=O)O)CC1. The van der Waals surface area contributed by atoms with Gasteiger partial charge in [-0.25, -0.2) is 0 Å². The fourth-order valence-corrected chi connectivity index (χ4v) is 1.68. The summed E-state index contributed by atoms with van der Waals surface area (Å²) in [5.74, 6) is 6.23. The van der Waals surface area contributed by atoms with Crippen LogP contribution in [0.4, 0.5) is 0 Å². The van der Waals surface area contributed by atoms with Gasteiger partial charge in [-0.3, -0.25) is 4.79 Å². The highest BCUT2D eigenvalue weighted by molar-refractivity contribution is 5.69. The van der Waals surface area contributed by atoms with E-state index in [4.69, 9.17) is 5.11 Å². The van der Waals surface area contributed by atoms with E-state index in [1.54, 1.807) is 0 Å². The summed E-state index contributed by atoms with van der Waals surface area (Å²) in [6, 6.07) is 0. The molecule has 1 N–H and O–H groups in total. The van der Waals surface area contributed by atoms with Crippen molar-refractivity contribution in [2.45, 2.75) is 39.0 Å². The van der Waals surface area contributed by atoms with E-state index in [-0.39, 0.29) is 6.42 Å². The first-order valence-corrected chi connectivity index (χ1v) is 4.88. The average molecular weight is 180 g/mol. The van der Waals surface area contributed by atoms with Gasteiger partial charge in [-0.05, 0) is 31.6 Å². The smallest absolute Gasteiger partial charge is 0.315 e. The number of carbonyl (C=O) groups is 1. The van der Waals surface area contributed by atoms with Crippen LogP contribution in [0.2, 0.25) is 0 Å². The largest absolute Gasteiger partial charge is 0.481 e. The Morgan fingerprint density at radius 2 is 2.00 bits per heavy atom. The molecule has 1 rings (SSSR count). The molecule has 1 saturated carbocycles. The molecule has 0 spiro atoms. The first-order chi connectivity index (χ1) is 6.18. The van der Waals surface area contributed by atoms with Crippen LogP contribution < -0.4 is 0 Å². The van der Waals surface area contributed by atoms with Crippen molar-refractivity contribution in [2.75, 3.05) is 0 Å². The number of hydrogen-bond donors (Lipinski definition) is 1. The summed E-state index contributed by atoms with van der Waals surface area (Å²) in [7, 11) is 0. The molecule has 1 fully saturated rings. The molecule has 0 amide bonds. The third-order valence-electron chi connectivity index (χ3n) is 2.56. The summed E-state index contributed by atoms with van der Waals surface area (Å²) in [5.41, 5.74) is 0. The summed E-state index contributed by atoms with van der Waals surface area (Å²) in [4.78, 5) is 10.2. The van der Waals surface area contributed by atoms with Gasteiger partial charge < -0.3 is 5.11 Å². The molecule has 0 aliphatic heterocycles. The molecule has 1 aliphatic carbocycles. The van der Waals surface area contributed by atoms with Gasteiger partial charge in [-0.1, -0.05) is 18.8 Å². The minimum Gasteiger partial charge on any atom is -0.481 e. The van der Waals surface area contributed by atoms with Gasteiger partial charge in [0.1, 0.15) is 6.42 Å². The number of hydrogen-bond acceptors (Lipinski definition) is 1. The lowest BCUT2D eigenvalue weighted by Gasteiger charge is -2.21. The minimum absolute atomic E-state index is 0.00788. The molecule has 1 aliphatic rings. The Morgan fingerprint density at radius 1 is 1.38 bits per heavy atom. The second-order valence-electron chi connectivity index (χ2n) is 3.85. The highest BCUT2D eigenvalue weighted by atomic mass is 16.4. The van der Waals surface area contributed by atoms with Crippen LogP contribution in [0.1, 0.15) is 39.0 Å². The van der Waals surface area contributed by atoms with Crippen LogP contribution in [0.15, 0.2) is 0 Å². The molecule has 2 heteroatoms. The Labute approximate surface area is 79.3 Å². The van der Waals surface area contributed by atoms with Crippen LogP contribution in [0.3, 0.4) is 0 Å². The Kier molecular flexibility index (Phi) is 3.82. The van der Waals surface area contributed by atoms with Gasteiger partial charge in [0.15, 0.2) is 0 Å². The van der Waals surface area contributed by atoms with E-state index >= 15 is 0 Å². The number of carboxylic acids is 1. The van der Waals surface area contributed by atoms with Gasteiger partial charge in [0.2, 0.25) is 0 Å². The molecule has 72 valence electrons. The molecule has 0 aromatic rings. The van der Waals surface area contributed by atoms with Gasteiger partial charge in [0.05, 0.1) is 0 Å². The maximum atomic E-state index is 10.2. The van der Waals surface area contributed by atoms with Crippen LogP contribution in [-0.4, -0.2) is 11.1 Å². The van der Waals surface area contributed by atoms with Gasteiger partial charge in [0, 0.05) is 5.92 Å². The summed E-state index contributed by atoms with van der Waals surface area (Å²) >= 11 is 0. The normalized spacial score (nSPS) is 27.5. The second-order valence-corrected chi connectivity index (χ2v) is 3.85. The monoisotopic (exact) mass is 180 g/mol. The van der Waals surface area contributed by atoms with Gasteiger partial charge in [0.25, 0.3) is 0 Å². The Balaban J connectivity index is 2.28. The summed E-state index contributed by atoms with van der Waals surface area (Å²) in [5, 5.41) is 8.38. The van der Waals surface area contributed by atoms with Crippen LogP contribution >= 0.6 is 0 Å². The second kappa shape index (κ2) is 4.91. The summed E-state index contributed by atoms with van der Waals surface area (Å²) < 4.78 is 0. The van der Waals surface area contributed by atoms with Gasteiger partial charge in [-0.2, -0.15) is 0 Å². The topological polar surface area (TPSA) is 37.3 Å². The van der Waals surface area contributed by atoms with E-state index in [1.807, 2.05) is 0 Å². The van der Waals surface area contributed by atoms with E-state index in [1.165, 1.54) is 12.8 Å². The van der Waals surface area contributed by atoms with Crippen molar-refractivity contribution in [1.29, 1.82) is 0 Å². The number of carboxylic acid groups (broad SMARTS) is 1. The Bertz CT molecular complexity index is 226. The molecule has 13 heavy (non-hydrogen) atoms. The fraction of sp³-hybridized carbons (Fsp3) is 0.727. The van der Waals surface area contributed by atoms with Crippen LogP contribution in [0.25, 0.3) is 0 Å². The third kappa shape index (κ3) is 3.98. The minimum atomic E-state index is -0.823. The van der Waals surface area contributed by atoms with Gasteiger partial charge >= 0.3 is 5.97 Å². The highest BCUT2D eigenvalue weighted by Crippen LogP contribution is 2.27. The number of rotatable bonds is 1. The first kappa shape index (κ1) is 10.1. The zero-order chi connectivity index (χ0) is 9.68. The first-order valence-electron chi connectivity index (χ1n) is 4.88. The quantitative estimate of drug-likeness (QED) is 0.628. The fourth-order valence-electron chi connectivity index (χ4n) is 1.68. The molecule has 0 radical (unpaired) electrons. The van der Waals surface area contributed by atoms with Crippen molar-refractivity contribution in [3.63, 3.8) is 0 Å². The van der Waals surface area contributed by atoms with Crippen molar-refractivity contribution in [3.8, 4) is 11.8 Å². The molecule has 0 heterocycles. The van der Waals surface area contributed by atoms with E-state index in [2.05, 4.69) is 18.8 Å². The molecular formula is C11H16O2. The molecule has 0 bridgehead atoms. The number of aliphatic carboxylic acids is 1. The van der Waals surface area contributed by atoms with Crippen molar-refractivity contribution in [3.05, 3.63) is 0 Å². The average Bonchev–Trinajstić information content (AvgIpc) is 2.08. The summed E-state index contributed by atoms with van der Waals surface area (Å²) in [6.45, 7) is 2.26. The lowest BCUT2D eigenvalue weighted by molar-refractivity contribution is -0.135. The predicted octanol–water partition coefficient (Wildman–Crippen LogP) is 2.29. The Morgan fingerprint density at radius 3 is 2.54 bits per heavy atom. The van der Waals surface area contributed by atoms with Crippen molar-refractivity contribution < 1.29 is 9.90 Å². The standard InChI is InChI=1S/C11H16O2/c1-9-5-7-10(8-6-9)3-2-4-11(12)13/h9-10H,4-8H2,1H3,(H,12,13). The van der Waals surface area contributed by atoms with E-state index in [0.717, 1.165) is 18.8 Å². The van der Waals surface area contributed by atoms with Gasteiger partial charge in [-0.15, -0.1) is 0 Å². The maximum absolute atomic E-state index is 10.2. The highest BCUT2D eigenvalue weighted by Gasteiger charge is 2.15. The van der Waals surface area contributed by atoms with E-state index in [0.29, 0.717) is 5.92 Å². The molecule has 0 aromatic heterocycles. The third-order valence-corrected chi connectivity index (χ3v) is 2.56. The van der Waals surface area contributed by atoms with Crippen molar-refractivity contribution in [1.82, 2.24) is 0 Å². The molecule has 0 unspecified atom stereocenters. The molecular weight excluding hydrogens is 164 g/mol. The lowest BCUT2D eigenvalue weighted by Crippen LogP contribution is -2.10. The molecule has 0 saturated heterocycles.